The van der Waals surface area contributed by atoms with Crippen LogP contribution in [0.15, 0.2) is 15.9 Å². The first-order valence-corrected chi connectivity index (χ1v) is 6.92. The lowest BCUT2D eigenvalue weighted by atomic mass is 9.85. The third kappa shape index (κ3) is 2.96. The van der Waals surface area contributed by atoms with Gasteiger partial charge in [-0.1, -0.05) is 0 Å². The first-order chi connectivity index (χ1) is 6.74. The molecule has 1 heterocycles. The lowest BCUT2D eigenvalue weighted by molar-refractivity contribution is 0.308. The Balaban J connectivity index is 1.63. The maximum absolute atomic E-state index is 5.91. The standard InChI is InChI=1S/C10H13BrClNS/c11-8-3-10(14-6-8)5-13-4-7-1-9(12)2-7/h3,6-7,9,13H,1-2,4-5H2. The molecular weight excluding hydrogens is 282 g/mol. The molecule has 2 rings (SSSR count). The van der Waals surface area contributed by atoms with Gasteiger partial charge in [0, 0.05) is 26.7 Å². The third-order valence-electron chi connectivity index (χ3n) is 2.53. The van der Waals surface area contributed by atoms with Gasteiger partial charge in [-0.05, 0) is 47.3 Å². The Morgan fingerprint density at radius 2 is 2.36 bits per heavy atom. The van der Waals surface area contributed by atoms with E-state index in [9.17, 15) is 0 Å². The summed E-state index contributed by atoms with van der Waals surface area (Å²) in [5.41, 5.74) is 0. The van der Waals surface area contributed by atoms with E-state index >= 15 is 0 Å². The molecule has 14 heavy (non-hydrogen) atoms. The SMILES string of the molecule is ClC1CC(CNCc2cc(Br)cs2)C1. The second-order valence-electron chi connectivity index (χ2n) is 3.80. The van der Waals surface area contributed by atoms with Crippen LogP contribution in [0.3, 0.4) is 0 Å². The van der Waals surface area contributed by atoms with Gasteiger partial charge in [0.15, 0.2) is 0 Å². The Kier molecular flexibility index (Phi) is 3.88. The molecule has 0 aliphatic heterocycles. The molecule has 1 N–H and O–H groups in total. The average Bonchev–Trinajstić information content (AvgIpc) is 2.48. The number of hydrogen-bond donors (Lipinski definition) is 1. The topological polar surface area (TPSA) is 12.0 Å². The van der Waals surface area contributed by atoms with Crippen LogP contribution in [-0.4, -0.2) is 11.9 Å². The summed E-state index contributed by atoms with van der Waals surface area (Å²) >= 11 is 11.2. The van der Waals surface area contributed by atoms with Crippen molar-refractivity contribution in [1.29, 1.82) is 0 Å². The quantitative estimate of drug-likeness (QED) is 0.837. The van der Waals surface area contributed by atoms with Crippen molar-refractivity contribution >= 4 is 38.9 Å². The molecule has 1 aromatic rings. The van der Waals surface area contributed by atoms with Crippen LogP contribution in [0.2, 0.25) is 0 Å². The van der Waals surface area contributed by atoms with Gasteiger partial charge in [-0.2, -0.15) is 0 Å². The Bertz CT molecular complexity index is 296. The van der Waals surface area contributed by atoms with Crippen LogP contribution in [0.4, 0.5) is 0 Å². The highest BCUT2D eigenvalue weighted by molar-refractivity contribution is 9.10. The van der Waals surface area contributed by atoms with Gasteiger partial charge >= 0.3 is 0 Å². The highest BCUT2D eigenvalue weighted by Crippen LogP contribution is 2.31. The Hall–Kier alpha value is 0.430. The van der Waals surface area contributed by atoms with Crippen molar-refractivity contribution in [3.63, 3.8) is 0 Å². The van der Waals surface area contributed by atoms with Crippen LogP contribution in [0, 0.1) is 5.92 Å². The van der Waals surface area contributed by atoms with Crippen molar-refractivity contribution in [2.75, 3.05) is 6.54 Å². The zero-order chi connectivity index (χ0) is 9.97. The van der Waals surface area contributed by atoms with Crippen LogP contribution in [-0.2, 0) is 6.54 Å². The van der Waals surface area contributed by atoms with Gasteiger partial charge in [0.1, 0.15) is 0 Å². The van der Waals surface area contributed by atoms with Crippen LogP contribution >= 0.6 is 38.9 Å². The van der Waals surface area contributed by atoms with E-state index in [1.165, 1.54) is 22.2 Å². The zero-order valence-electron chi connectivity index (χ0n) is 7.80. The normalized spacial score (nSPS) is 26.1. The molecule has 0 unspecified atom stereocenters. The Labute approximate surface area is 102 Å². The van der Waals surface area contributed by atoms with Crippen LogP contribution in [0.25, 0.3) is 0 Å². The van der Waals surface area contributed by atoms with E-state index in [1.807, 2.05) is 0 Å². The summed E-state index contributed by atoms with van der Waals surface area (Å²) in [5, 5.41) is 6.03. The van der Waals surface area contributed by atoms with Crippen molar-refractivity contribution < 1.29 is 0 Å². The largest absolute Gasteiger partial charge is 0.312 e. The number of rotatable bonds is 4. The number of nitrogens with one attached hydrogen (secondary N) is 1. The Morgan fingerprint density at radius 1 is 1.57 bits per heavy atom. The van der Waals surface area contributed by atoms with Crippen LogP contribution < -0.4 is 5.32 Å². The zero-order valence-corrected chi connectivity index (χ0v) is 11.0. The summed E-state index contributed by atoms with van der Waals surface area (Å²) in [5.74, 6) is 0.806. The highest BCUT2D eigenvalue weighted by atomic mass is 79.9. The second-order valence-corrected chi connectivity index (χ2v) is 6.33. The minimum Gasteiger partial charge on any atom is -0.312 e. The monoisotopic (exact) mass is 293 g/mol. The van der Waals surface area contributed by atoms with E-state index in [0.29, 0.717) is 5.38 Å². The van der Waals surface area contributed by atoms with E-state index in [2.05, 4.69) is 32.7 Å². The lowest BCUT2D eigenvalue weighted by Crippen LogP contribution is -2.33. The molecule has 0 radical (unpaired) electrons. The summed E-state index contributed by atoms with van der Waals surface area (Å²) in [7, 11) is 0. The number of hydrogen-bond acceptors (Lipinski definition) is 2. The highest BCUT2D eigenvalue weighted by Gasteiger charge is 2.26. The van der Waals surface area contributed by atoms with E-state index in [4.69, 9.17) is 11.6 Å². The van der Waals surface area contributed by atoms with Gasteiger partial charge < -0.3 is 5.32 Å². The molecule has 1 aliphatic rings. The second kappa shape index (κ2) is 4.97. The molecule has 1 fully saturated rings. The molecule has 78 valence electrons. The van der Waals surface area contributed by atoms with Crippen molar-refractivity contribution in [2.45, 2.75) is 24.8 Å². The fourth-order valence-electron chi connectivity index (χ4n) is 1.67. The van der Waals surface area contributed by atoms with E-state index in [-0.39, 0.29) is 0 Å². The molecular formula is C10H13BrClNS. The molecule has 4 heteroatoms. The molecule has 0 bridgehead atoms. The average molecular weight is 295 g/mol. The predicted octanol–water partition coefficient (Wildman–Crippen LogP) is 3.62. The van der Waals surface area contributed by atoms with Crippen molar-refractivity contribution in [3.8, 4) is 0 Å². The maximum Gasteiger partial charge on any atom is 0.0342 e. The molecule has 0 amide bonds. The number of thiophene rings is 1. The predicted molar refractivity (Wildman–Crippen MR) is 66.1 cm³/mol. The molecule has 1 aromatic heterocycles. The Morgan fingerprint density at radius 3 is 2.93 bits per heavy atom. The van der Waals surface area contributed by atoms with Crippen molar-refractivity contribution in [1.82, 2.24) is 5.32 Å². The smallest absolute Gasteiger partial charge is 0.0342 e. The minimum atomic E-state index is 0.442. The van der Waals surface area contributed by atoms with E-state index in [1.54, 1.807) is 11.3 Å². The van der Waals surface area contributed by atoms with E-state index in [0.717, 1.165) is 19.0 Å². The first-order valence-electron chi connectivity index (χ1n) is 4.81. The van der Waals surface area contributed by atoms with Gasteiger partial charge in [0.2, 0.25) is 0 Å². The first kappa shape index (κ1) is 10.9. The van der Waals surface area contributed by atoms with Gasteiger partial charge in [-0.15, -0.1) is 22.9 Å². The molecule has 0 saturated heterocycles. The maximum atomic E-state index is 5.91. The molecule has 1 nitrogen and oxygen atoms in total. The van der Waals surface area contributed by atoms with Gasteiger partial charge in [-0.25, -0.2) is 0 Å². The van der Waals surface area contributed by atoms with Crippen LogP contribution in [0.5, 0.6) is 0 Å². The number of alkyl halides is 1. The number of halogens is 2. The van der Waals surface area contributed by atoms with E-state index < -0.39 is 0 Å². The molecule has 1 saturated carbocycles. The van der Waals surface area contributed by atoms with Crippen LogP contribution in [0.1, 0.15) is 17.7 Å². The fourth-order valence-corrected chi connectivity index (χ4v) is 3.59. The van der Waals surface area contributed by atoms with Gasteiger partial charge in [-0.3, -0.25) is 0 Å². The van der Waals surface area contributed by atoms with Gasteiger partial charge in [0.25, 0.3) is 0 Å². The summed E-state index contributed by atoms with van der Waals surface area (Å²) in [4.78, 5) is 1.39. The van der Waals surface area contributed by atoms with Gasteiger partial charge in [0.05, 0.1) is 0 Å². The molecule has 0 aromatic carbocycles. The molecule has 1 aliphatic carbocycles. The summed E-state index contributed by atoms with van der Waals surface area (Å²) in [6.45, 7) is 2.10. The third-order valence-corrected chi connectivity index (χ3v) is 4.59. The summed E-state index contributed by atoms with van der Waals surface area (Å²) in [6.07, 6.45) is 2.37. The fraction of sp³-hybridized carbons (Fsp3) is 0.600. The lowest BCUT2D eigenvalue weighted by Gasteiger charge is -2.30. The molecule has 0 spiro atoms. The summed E-state index contributed by atoms with van der Waals surface area (Å²) < 4.78 is 1.18. The molecule has 0 atom stereocenters. The van der Waals surface area contributed by atoms with Crippen molar-refractivity contribution in [2.24, 2.45) is 5.92 Å². The summed E-state index contributed by atoms with van der Waals surface area (Å²) in [6, 6.07) is 2.17. The van der Waals surface area contributed by atoms with Crippen molar-refractivity contribution in [3.05, 3.63) is 20.8 Å². The minimum absolute atomic E-state index is 0.442.